The molecule has 3 heteroatoms. The Balaban J connectivity index is 1.90. The molecule has 1 aliphatic rings. The first kappa shape index (κ1) is 12.4. The summed E-state index contributed by atoms with van der Waals surface area (Å²) >= 11 is 6.28. The molecule has 3 rings (SSSR count). The highest BCUT2D eigenvalue weighted by molar-refractivity contribution is 6.31. The van der Waals surface area contributed by atoms with Crippen LogP contribution in [0.2, 0.25) is 5.02 Å². The van der Waals surface area contributed by atoms with E-state index in [0.717, 1.165) is 17.2 Å². The third-order valence-electron chi connectivity index (χ3n) is 3.71. The Bertz CT molecular complexity index is 576. The van der Waals surface area contributed by atoms with E-state index in [-0.39, 0.29) is 0 Å². The molecule has 1 N–H and O–H groups in total. The molecule has 2 aromatic carbocycles. The van der Waals surface area contributed by atoms with Gasteiger partial charge in [-0.1, -0.05) is 29.8 Å². The normalized spacial score (nSPS) is 16.9. The summed E-state index contributed by atoms with van der Waals surface area (Å²) in [5.41, 5.74) is 4.92. The molecule has 0 radical (unpaired) electrons. The van der Waals surface area contributed by atoms with Crippen LogP contribution < -0.4 is 10.1 Å². The number of halogens is 1. The predicted molar refractivity (Wildman–Crippen MR) is 79.3 cm³/mol. The lowest BCUT2D eigenvalue weighted by Gasteiger charge is -2.12. The maximum absolute atomic E-state index is 6.28. The summed E-state index contributed by atoms with van der Waals surface area (Å²) in [6, 6.07) is 12.5. The van der Waals surface area contributed by atoms with E-state index >= 15 is 0 Å². The van der Waals surface area contributed by atoms with E-state index in [9.17, 15) is 0 Å². The molecule has 0 saturated heterocycles. The van der Waals surface area contributed by atoms with Crippen molar-refractivity contribution in [2.45, 2.75) is 19.4 Å². The van der Waals surface area contributed by atoms with Crippen molar-refractivity contribution in [3.8, 4) is 5.75 Å². The average Bonchev–Trinajstić information content (AvgIpc) is 2.89. The fourth-order valence-electron chi connectivity index (χ4n) is 2.61. The molecule has 0 saturated carbocycles. The summed E-state index contributed by atoms with van der Waals surface area (Å²) in [6.45, 7) is 2.11. The zero-order chi connectivity index (χ0) is 13.4. The Labute approximate surface area is 118 Å². The lowest BCUT2D eigenvalue weighted by atomic mass is 10.0. The second-order valence-corrected chi connectivity index (χ2v) is 5.30. The monoisotopic (exact) mass is 273 g/mol. The van der Waals surface area contributed by atoms with Crippen LogP contribution in [0.1, 0.15) is 22.7 Å². The Kier molecular flexibility index (Phi) is 3.11. The van der Waals surface area contributed by atoms with Crippen LogP contribution in [0.5, 0.6) is 5.75 Å². The minimum absolute atomic E-state index is 0.291. The number of rotatable bonds is 2. The second-order valence-electron chi connectivity index (χ2n) is 4.89. The summed E-state index contributed by atoms with van der Waals surface area (Å²) in [4.78, 5) is 0. The minimum atomic E-state index is 0.291. The number of aryl methyl sites for hydroxylation is 1. The van der Waals surface area contributed by atoms with Gasteiger partial charge in [0.15, 0.2) is 0 Å². The van der Waals surface area contributed by atoms with Crippen molar-refractivity contribution < 1.29 is 4.74 Å². The fourth-order valence-corrected chi connectivity index (χ4v) is 2.84. The first-order chi connectivity index (χ1) is 9.19. The quantitative estimate of drug-likeness (QED) is 0.877. The number of ether oxygens (including phenoxy) is 1. The molecule has 0 aromatic heterocycles. The number of anilines is 1. The lowest BCUT2D eigenvalue weighted by molar-refractivity contribution is 0.414. The first-order valence-corrected chi connectivity index (χ1v) is 6.75. The smallest absolute Gasteiger partial charge is 0.118 e. The molecule has 98 valence electrons. The van der Waals surface area contributed by atoms with Crippen LogP contribution in [0.3, 0.4) is 0 Å². The molecule has 0 bridgehead atoms. The highest BCUT2D eigenvalue weighted by atomic mass is 35.5. The number of nitrogens with one attached hydrogen (secondary N) is 1. The summed E-state index contributed by atoms with van der Waals surface area (Å²) in [7, 11) is 1.68. The largest absolute Gasteiger partial charge is 0.497 e. The summed E-state index contributed by atoms with van der Waals surface area (Å²) in [5.74, 6) is 0.883. The number of benzene rings is 2. The maximum Gasteiger partial charge on any atom is 0.118 e. The van der Waals surface area contributed by atoms with Crippen LogP contribution in [0.15, 0.2) is 36.4 Å². The van der Waals surface area contributed by atoms with Gasteiger partial charge < -0.3 is 10.1 Å². The van der Waals surface area contributed by atoms with Gasteiger partial charge in [-0.2, -0.15) is 0 Å². The van der Waals surface area contributed by atoms with Crippen molar-refractivity contribution in [1.29, 1.82) is 0 Å². The van der Waals surface area contributed by atoms with Gasteiger partial charge in [-0.15, -0.1) is 0 Å². The van der Waals surface area contributed by atoms with Gasteiger partial charge in [-0.3, -0.25) is 0 Å². The molecule has 1 unspecified atom stereocenters. The van der Waals surface area contributed by atoms with Gasteiger partial charge in [0.2, 0.25) is 0 Å². The highest BCUT2D eigenvalue weighted by Gasteiger charge is 2.25. The number of hydrogen-bond acceptors (Lipinski definition) is 2. The molecule has 1 aliphatic heterocycles. The van der Waals surface area contributed by atoms with Gasteiger partial charge in [-0.05, 0) is 41.8 Å². The Morgan fingerprint density at radius 1 is 1.16 bits per heavy atom. The molecule has 2 aromatic rings. The standard InChI is InChI=1S/C16H16ClNO/c1-10-3-8-14(17)13-9-15(18-16(10)13)11-4-6-12(19-2)7-5-11/h3-8,15,18H,9H2,1-2H3. The summed E-state index contributed by atoms with van der Waals surface area (Å²) in [5, 5.41) is 4.42. The van der Waals surface area contributed by atoms with E-state index in [2.05, 4.69) is 30.4 Å². The molecule has 19 heavy (non-hydrogen) atoms. The number of fused-ring (bicyclic) bond motifs is 1. The van der Waals surface area contributed by atoms with Crippen molar-refractivity contribution >= 4 is 17.3 Å². The van der Waals surface area contributed by atoms with Crippen molar-refractivity contribution in [2.75, 3.05) is 12.4 Å². The molecule has 0 spiro atoms. The first-order valence-electron chi connectivity index (χ1n) is 6.37. The zero-order valence-electron chi connectivity index (χ0n) is 11.0. The van der Waals surface area contributed by atoms with Crippen molar-refractivity contribution in [1.82, 2.24) is 0 Å². The molecule has 2 nitrogen and oxygen atoms in total. The highest BCUT2D eigenvalue weighted by Crippen LogP contribution is 2.40. The summed E-state index contributed by atoms with van der Waals surface area (Å²) < 4.78 is 5.19. The van der Waals surface area contributed by atoms with E-state index in [1.165, 1.54) is 22.4 Å². The number of methoxy groups -OCH3 is 1. The lowest BCUT2D eigenvalue weighted by Crippen LogP contribution is -2.05. The van der Waals surface area contributed by atoms with E-state index in [1.54, 1.807) is 7.11 Å². The molecule has 0 fully saturated rings. The molecule has 0 aliphatic carbocycles. The minimum Gasteiger partial charge on any atom is -0.497 e. The van der Waals surface area contributed by atoms with Gasteiger partial charge in [0.05, 0.1) is 13.2 Å². The van der Waals surface area contributed by atoms with Crippen LogP contribution in [0.25, 0.3) is 0 Å². The Hall–Kier alpha value is -1.67. The molecular formula is C16H16ClNO. The van der Waals surface area contributed by atoms with Crippen molar-refractivity contribution in [2.24, 2.45) is 0 Å². The number of hydrogen-bond donors (Lipinski definition) is 1. The third-order valence-corrected chi connectivity index (χ3v) is 4.06. The molecule has 0 amide bonds. The van der Waals surface area contributed by atoms with Gasteiger partial charge in [0, 0.05) is 17.1 Å². The van der Waals surface area contributed by atoms with Gasteiger partial charge in [0.25, 0.3) is 0 Å². The maximum atomic E-state index is 6.28. The van der Waals surface area contributed by atoms with Crippen LogP contribution in [0.4, 0.5) is 5.69 Å². The average molecular weight is 274 g/mol. The van der Waals surface area contributed by atoms with E-state index in [1.807, 2.05) is 18.2 Å². The van der Waals surface area contributed by atoms with Crippen LogP contribution in [-0.2, 0) is 6.42 Å². The molecule has 1 heterocycles. The van der Waals surface area contributed by atoms with Crippen LogP contribution in [-0.4, -0.2) is 7.11 Å². The third kappa shape index (κ3) is 2.17. The zero-order valence-corrected chi connectivity index (χ0v) is 11.8. The van der Waals surface area contributed by atoms with Crippen LogP contribution >= 0.6 is 11.6 Å². The van der Waals surface area contributed by atoms with Crippen LogP contribution in [0, 0.1) is 6.92 Å². The second kappa shape index (κ2) is 4.78. The SMILES string of the molecule is COc1ccc(C2Cc3c(Cl)ccc(C)c3N2)cc1. The van der Waals surface area contributed by atoms with E-state index in [4.69, 9.17) is 16.3 Å². The van der Waals surface area contributed by atoms with E-state index in [0.29, 0.717) is 6.04 Å². The fraction of sp³-hybridized carbons (Fsp3) is 0.250. The summed E-state index contributed by atoms with van der Waals surface area (Å²) in [6.07, 6.45) is 0.933. The topological polar surface area (TPSA) is 21.3 Å². The van der Waals surface area contributed by atoms with E-state index < -0.39 is 0 Å². The Morgan fingerprint density at radius 2 is 1.89 bits per heavy atom. The van der Waals surface area contributed by atoms with Crippen molar-refractivity contribution in [3.63, 3.8) is 0 Å². The van der Waals surface area contributed by atoms with Gasteiger partial charge in [0.1, 0.15) is 5.75 Å². The predicted octanol–water partition coefficient (Wildman–Crippen LogP) is 4.37. The van der Waals surface area contributed by atoms with Crippen molar-refractivity contribution in [3.05, 3.63) is 58.1 Å². The Morgan fingerprint density at radius 3 is 2.53 bits per heavy atom. The molecule has 1 atom stereocenters. The van der Waals surface area contributed by atoms with Gasteiger partial charge >= 0.3 is 0 Å². The molecular weight excluding hydrogens is 258 g/mol. The van der Waals surface area contributed by atoms with Gasteiger partial charge in [-0.25, -0.2) is 0 Å².